The van der Waals surface area contributed by atoms with Crippen molar-refractivity contribution in [1.82, 2.24) is 4.57 Å². The molecule has 1 heterocycles. The quantitative estimate of drug-likeness (QED) is 0.668. The number of hydrogen-bond donors (Lipinski definition) is 0. The Labute approximate surface area is 82.8 Å². The monoisotopic (exact) mass is 186 g/mol. The van der Waals surface area contributed by atoms with Crippen molar-refractivity contribution in [1.29, 1.82) is 0 Å². The van der Waals surface area contributed by atoms with E-state index in [2.05, 4.69) is 13.0 Å². The van der Waals surface area contributed by atoms with Crippen LogP contribution in [0.1, 0.15) is 12.5 Å². The van der Waals surface area contributed by atoms with Crippen LogP contribution in [0.25, 0.3) is 10.9 Å². The molecular formula is C12H12NO. The van der Waals surface area contributed by atoms with E-state index in [1.54, 1.807) is 6.20 Å². The largest absolute Gasteiger partial charge is 0.347 e. The van der Waals surface area contributed by atoms with E-state index in [-0.39, 0.29) is 5.43 Å². The third-order valence-corrected chi connectivity index (χ3v) is 2.40. The van der Waals surface area contributed by atoms with Crippen LogP contribution in [-0.2, 0) is 6.54 Å². The summed E-state index contributed by atoms with van der Waals surface area (Å²) >= 11 is 0. The molecule has 1 radical (unpaired) electrons. The van der Waals surface area contributed by atoms with Crippen LogP contribution >= 0.6 is 0 Å². The lowest BCUT2D eigenvalue weighted by Gasteiger charge is -2.07. The molecule has 71 valence electrons. The highest BCUT2D eigenvalue weighted by molar-refractivity contribution is 5.79. The lowest BCUT2D eigenvalue weighted by Crippen LogP contribution is -2.07. The number of rotatable bonds is 1. The van der Waals surface area contributed by atoms with Crippen molar-refractivity contribution < 1.29 is 0 Å². The summed E-state index contributed by atoms with van der Waals surface area (Å²) in [6, 6.07) is 8.58. The summed E-state index contributed by atoms with van der Waals surface area (Å²) in [5, 5.41) is 0.750. The number of benzene rings is 1. The van der Waals surface area contributed by atoms with Crippen molar-refractivity contribution in [2.24, 2.45) is 0 Å². The standard InChI is InChI=1S/C12H12NO/c1-3-13-7-6-12(14)10-5-4-9(2)8-11(10)13/h4-5,7-8H,3H2,1-2H3. The third-order valence-electron chi connectivity index (χ3n) is 2.40. The molecule has 0 atom stereocenters. The molecule has 14 heavy (non-hydrogen) atoms. The Hall–Kier alpha value is -1.57. The predicted molar refractivity (Wildman–Crippen MR) is 57.5 cm³/mol. The van der Waals surface area contributed by atoms with Gasteiger partial charge in [0, 0.05) is 18.1 Å². The van der Waals surface area contributed by atoms with Gasteiger partial charge >= 0.3 is 0 Å². The third kappa shape index (κ3) is 1.33. The second kappa shape index (κ2) is 3.29. The van der Waals surface area contributed by atoms with Crippen LogP contribution in [0.15, 0.2) is 29.2 Å². The lowest BCUT2D eigenvalue weighted by atomic mass is 10.1. The van der Waals surface area contributed by atoms with Gasteiger partial charge < -0.3 is 4.57 Å². The molecule has 0 saturated carbocycles. The minimum absolute atomic E-state index is 0.0234. The van der Waals surface area contributed by atoms with Gasteiger partial charge in [0.05, 0.1) is 11.6 Å². The first-order valence-electron chi connectivity index (χ1n) is 4.74. The number of pyridine rings is 1. The van der Waals surface area contributed by atoms with E-state index in [0.29, 0.717) is 0 Å². The summed E-state index contributed by atoms with van der Waals surface area (Å²) in [4.78, 5) is 11.5. The Balaban J connectivity index is 2.92. The van der Waals surface area contributed by atoms with Gasteiger partial charge in [-0.2, -0.15) is 0 Å². The molecule has 0 unspecified atom stereocenters. The van der Waals surface area contributed by atoms with E-state index in [0.717, 1.165) is 17.4 Å². The summed E-state index contributed by atoms with van der Waals surface area (Å²) in [7, 11) is 0. The lowest BCUT2D eigenvalue weighted by molar-refractivity contribution is 0.786. The van der Waals surface area contributed by atoms with E-state index < -0.39 is 0 Å². The topological polar surface area (TPSA) is 22.0 Å². The van der Waals surface area contributed by atoms with E-state index in [9.17, 15) is 4.79 Å². The molecule has 0 N–H and O–H groups in total. The molecule has 2 rings (SSSR count). The molecule has 0 fully saturated rings. The van der Waals surface area contributed by atoms with Gasteiger partial charge in [-0.25, -0.2) is 0 Å². The minimum atomic E-state index is -0.0234. The van der Waals surface area contributed by atoms with Crippen molar-refractivity contribution in [3.8, 4) is 0 Å². The van der Waals surface area contributed by atoms with E-state index in [1.165, 1.54) is 5.56 Å². The number of nitrogens with zero attached hydrogens (tertiary/aromatic N) is 1. The average molecular weight is 186 g/mol. The van der Waals surface area contributed by atoms with Gasteiger partial charge in [-0.05, 0) is 31.5 Å². The van der Waals surface area contributed by atoms with Crippen LogP contribution in [0, 0.1) is 13.0 Å². The van der Waals surface area contributed by atoms with E-state index in [1.807, 2.05) is 29.7 Å². The Morgan fingerprint density at radius 2 is 2.21 bits per heavy atom. The van der Waals surface area contributed by atoms with Crippen molar-refractivity contribution in [2.45, 2.75) is 20.4 Å². The molecule has 0 amide bonds. The summed E-state index contributed by atoms with van der Waals surface area (Å²) in [5.41, 5.74) is 2.14. The Kier molecular flexibility index (Phi) is 2.12. The molecule has 2 nitrogen and oxygen atoms in total. The molecule has 0 aliphatic heterocycles. The second-order valence-corrected chi connectivity index (χ2v) is 3.41. The normalized spacial score (nSPS) is 10.7. The molecule has 0 saturated heterocycles. The Morgan fingerprint density at radius 1 is 1.43 bits per heavy atom. The molecular weight excluding hydrogens is 174 g/mol. The maximum Gasteiger partial charge on any atom is 0.197 e. The van der Waals surface area contributed by atoms with Crippen LogP contribution in [-0.4, -0.2) is 4.57 Å². The summed E-state index contributed by atoms with van der Waals surface area (Å²) in [6.45, 7) is 4.94. The Morgan fingerprint density at radius 3 is 2.93 bits per heavy atom. The van der Waals surface area contributed by atoms with Gasteiger partial charge in [0.25, 0.3) is 0 Å². The number of hydrogen-bond acceptors (Lipinski definition) is 1. The minimum Gasteiger partial charge on any atom is -0.347 e. The highest BCUT2D eigenvalue weighted by atomic mass is 16.1. The SMILES string of the molecule is CCn1c[c]c(=O)c2ccc(C)cc21. The summed E-state index contributed by atoms with van der Waals surface area (Å²) in [5.74, 6) is 0. The average Bonchev–Trinajstić information content (AvgIpc) is 2.18. The van der Waals surface area contributed by atoms with Gasteiger partial charge in [0.15, 0.2) is 5.43 Å². The maximum atomic E-state index is 11.5. The fourth-order valence-electron chi connectivity index (χ4n) is 1.62. The van der Waals surface area contributed by atoms with Gasteiger partial charge in [0.1, 0.15) is 0 Å². The molecule has 0 spiro atoms. The van der Waals surface area contributed by atoms with Crippen LogP contribution in [0.3, 0.4) is 0 Å². The van der Waals surface area contributed by atoms with Gasteiger partial charge in [0.2, 0.25) is 0 Å². The van der Waals surface area contributed by atoms with Gasteiger partial charge in [-0.3, -0.25) is 4.79 Å². The first-order valence-corrected chi connectivity index (χ1v) is 4.74. The zero-order chi connectivity index (χ0) is 10.1. The maximum absolute atomic E-state index is 11.5. The van der Waals surface area contributed by atoms with Crippen LogP contribution in [0.5, 0.6) is 0 Å². The highest BCUT2D eigenvalue weighted by Gasteiger charge is 2.01. The van der Waals surface area contributed by atoms with Crippen molar-refractivity contribution in [3.63, 3.8) is 0 Å². The fourth-order valence-corrected chi connectivity index (χ4v) is 1.62. The molecule has 0 bridgehead atoms. The molecule has 0 aliphatic carbocycles. The number of aromatic nitrogens is 1. The Bertz CT molecular complexity index is 525. The zero-order valence-corrected chi connectivity index (χ0v) is 8.37. The number of aryl methyl sites for hydroxylation is 2. The highest BCUT2D eigenvalue weighted by Crippen LogP contribution is 2.11. The molecule has 1 aromatic heterocycles. The molecule has 2 heteroatoms. The van der Waals surface area contributed by atoms with E-state index in [4.69, 9.17) is 0 Å². The van der Waals surface area contributed by atoms with Crippen molar-refractivity contribution in [2.75, 3.05) is 0 Å². The number of fused-ring (bicyclic) bond motifs is 1. The second-order valence-electron chi connectivity index (χ2n) is 3.41. The smallest absolute Gasteiger partial charge is 0.197 e. The van der Waals surface area contributed by atoms with Crippen LogP contribution in [0.4, 0.5) is 0 Å². The van der Waals surface area contributed by atoms with E-state index >= 15 is 0 Å². The first kappa shape index (κ1) is 9.00. The fraction of sp³-hybridized carbons (Fsp3) is 0.250. The van der Waals surface area contributed by atoms with Crippen LogP contribution < -0.4 is 5.43 Å². The zero-order valence-electron chi connectivity index (χ0n) is 8.37. The van der Waals surface area contributed by atoms with Gasteiger partial charge in [-0.1, -0.05) is 6.07 Å². The van der Waals surface area contributed by atoms with Crippen molar-refractivity contribution >= 4 is 10.9 Å². The predicted octanol–water partition coefficient (Wildman–Crippen LogP) is 2.13. The summed E-state index contributed by atoms with van der Waals surface area (Å²) in [6.07, 6.45) is 1.73. The molecule has 0 aliphatic rings. The summed E-state index contributed by atoms with van der Waals surface area (Å²) < 4.78 is 2.03. The van der Waals surface area contributed by atoms with Crippen LogP contribution in [0.2, 0.25) is 0 Å². The molecule has 2 aromatic rings. The van der Waals surface area contributed by atoms with Crippen molar-refractivity contribution in [3.05, 3.63) is 46.2 Å². The molecule has 1 aromatic carbocycles. The first-order chi connectivity index (χ1) is 6.72. The van der Waals surface area contributed by atoms with Gasteiger partial charge in [-0.15, -0.1) is 0 Å².